The van der Waals surface area contributed by atoms with Crippen LogP contribution in [-0.4, -0.2) is 13.5 Å². The van der Waals surface area contributed by atoms with E-state index in [1.54, 1.807) is 48.5 Å². The van der Waals surface area contributed by atoms with Gasteiger partial charge in [-0.05, 0) is 55.2 Å². The first-order valence-corrected chi connectivity index (χ1v) is 10.3. The molecular weight excluding hydrogens is 358 g/mol. The summed E-state index contributed by atoms with van der Waals surface area (Å²) >= 11 is 0. The fraction of sp³-hybridized carbons (Fsp3) is 0.182. The maximum absolute atomic E-state index is 12.8. The summed E-state index contributed by atoms with van der Waals surface area (Å²) in [5.41, 5.74) is 2.98. The van der Waals surface area contributed by atoms with E-state index in [0.29, 0.717) is 6.42 Å². The lowest BCUT2D eigenvalue weighted by molar-refractivity contribution is 0.474. The third-order valence-corrected chi connectivity index (χ3v) is 5.98. The molecule has 4 nitrogen and oxygen atoms in total. The molecule has 3 rings (SSSR count). The Hall–Kier alpha value is -2.63. The number of aromatic hydroxyl groups is 1. The van der Waals surface area contributed by atoms with E-state index in [0.717, 1.165) is 23.1 Å². The fourth-order valence-corrected chi connectivity index (χ4v) is 4.19. The van der Waals surface area contributed by atoms with Crippen LogP contribution in [0.2, 0.25) is 0 Å². The van der Waals surface area contributed by atoms with Crippen LogP contribution in [0.3, 0.4) is 0 Å². The minimum atomic E-state index is -3.65. The van der Waals surface area contributed by atoms with Gasteiger partial charge in [-0.2, -0.15) is 0 Å². The molecule has 0 aliphatic carbocycles. The molecule has 140 valence electrons. The van der Waals surface area contributed by atoms with Gasteiger partial charge in [-0.1, -0.05) is 60.2 Å². The zero-order valence-electron chi connectivity index (χ0n) is 15.2. The number of phenols is 1. The molecule has 0 aliphatic rings. The predicted molar refractivity (Wildman–Crippen MR) is 107 cm³/mol. The molecule has 3 aromatic carbocycles. The molecule has 0 heterocycles. The van der Waals surface area contributed by atoms with E-state index >= 15 is 0 Å². The second kappa shape index (κ2) is 8.37. The number of aryl methyl sites for hydroxylation is 2. The Morgan fingerprint density at radius 2 is 1.52 bits per heavy atom. The summed E-state index contributed by atoms with van der Waals surface area (Å²) in [6, 6.07) is 23.0. The average molecular weight is 381 g/mol. The van der Waals surface area contributed by atoms with Crippen molar-refractivity contribution in [3.8, 4) is 5.75 Å². The summed E-state index contributed by atoms with van der Waals surface area (Å²) in [5.74, 6) is 0.155. The van der Waals surface area contributed by atoms with Gasteiger partial charge in [0.25, 0.3) is 0 Å². The molecule has 0 unspecified atom stereocenters. The lowest BCUT2D eigenvalue weighted by Crippen LogP contribution is -2.29. The molecule has 0 amide bonds. The minimum Gasteiger partial charge on any atom is -0.508 e. The van der Waals surface area contributed by atoms with Gasteiger partial charge in [0.1, 0.15) is 5.75 Å². The molecule has 0 aliphatic heterocycles. The Kier molecular flexibility index (Phi) is 5.94. The number of rotatable bonds is 7. The Bertz CT molecular complexity index is 966. The van der Waals surface area contributed by atoms with E-state index in [2.05, 4.69) is 4.72 Å². The molecule has 3 aromatic rings. The van der Waals surface area contributed by atoms with Crippen LogP contribution in [0, 0.1) is 6.92 Å². The molecule has 0 spiro atoms. The number of nitrogens with one attached hydrogen (secondary N) is 1. The van der Waals surface area contributed by atoms with Crippen molar-refractivity contribution >= 4 is 10.0 Å². The van der Waals surface area contributed by atoms with Crippen molar-refractivity contribution in [2.24, 2.45) is 0 Å². The molecule has 0 radical (unpaired) electrons. The van der Waals surface area contributed by atoms with Crippen molar-refractivity contribution in [3.05, 3.63) is 95.6 Å². The molecule has 27 heavy (non-hydrogen) atoms. The number of hydrogen-bond acceptors (Lipinski definition) is 3. The van der Waals surface area contributed by atoms with Crippen molar-refractivity contribution in [2.45, 2.75) is 30.7 Å². The SMILES string of the molecule is Cc1ccc(S(=O)(=O)N[C@H](CCc2ccccc2)c2ccc(O)cc2)cc1. The van der Waals surface area contributed by atoms with E-state index in [1.165, 1.54) is 0 Å². The van der Waals surface area contributed by atoms with Gasteiger partial charge in [-0.25, -0.2) is 13.1 Å². The lowest BCUT2D eigenvalue weighted by Gasteiger charge is -2.20. The summed E-state index contributed by atoms with van der Waals surface area (Å²) in [7, 11) is -3.65. The highest BCUT2D eigenvalue weighted by Crippen LogP contribution is 2.24. The van der Waals surface area contributed by atoms with Gasteiger partial charge in [-0.3, -0.25) is 0 Å². The van der Waals surface area contributed by atoms with Gasteiger partial charge in [-0.15, -0.1) is 0 Å². The normalized spacial score (nSPS) is 12.6. The molecule has 1 atom stereocenters. The van der Waals surface area contributed by atoms with Crippen LogP contribution in [0.25, 0.3) is 0 Å². The zero-order chi connectivity index (χ0) is 19.3. The standard InChI is InChI=1S/C22H23NO3S/c1-17-7-14-21(15-8-17)27(25,26)23-22(19-10-12-20(24)13-11-19)16-9-18-5-3-2-4-6-18/h2-8,10-15,22-24H,9,16H2,1H3/t22-/m1/s1. The number of sulfonamides is 1. The number of benzene rings is 3. The highest BCUT2D eigenvalue weighted by Gasteiger charge is 2.21. The summed E-state index contributed by atoms with van der Waals surface area (Å²) in [5, 5.41) is 9.54. The van der Waals surface area contributed by atoms with E-state index in [-0.39, 0.29) is 10.6 Å². The van der Waals surface area contributed by atoms with Crippen LogP contribution < -0.4 is 4.72 Å². The third-order valence-electron chi connectivity index (χ3n) is 4.49. The molecule has 0 aromatic heterocycles. The first-order chi connectivity index (χ1) is 12.9. The quantitative estimate of drug-likeness (QED) is 0.639. The maximum atomic E-state index is 12.8. The Morgan fingerprint density at radius 3 is 2.15 bits per heavy atom. The zero-order valence-corrected chi connectivity index (χ0v) is 16.0. The van der Waals surface area contributed by atoms with Crippen LogP contribution in [0.4, 0.5) is 0 Å². The lowest BCUT2D eigenvalue weighted by atomic mass is 10.00. The molecule has 5 heteroatoms. The van der Waals surface area contributed by atoms with Crippen molar-refractivity contribution in [3.63, 3.8) is 0 Å². The van der Waals surface area contributed by atoms with E-state index in [1.807, 2.05) is 37.3 Å². The summed E-state index contributed by atoms with van der Waals surface area (Å²) in [4.78, 5) is 0.247. The monoisotopic (exact) mass is 381 g/mol. The van der Waals surface area contributed by atoms with Crippen molar-refractivity contribution in [1.82, 2.24) is 4.72 Å². The van der Waals surface area contributed by atoms with Crippen LogP contribution >= 0.6 is 0 Å². The van der Waals surface area contributed by atoms with E-state index < -0.39 is 16.1 Å². The summed E-state index contributed by atoms with van der Waals surface area (Å²) in [6.07, 6.45) is 1.35. The molecule has 0 fully saturated rings. The second-order valence-electron chi connectivity index (χ2n) is 6.60. The van der Waals surface area contributed by atoms with Gasteiger partial charge in [0, 0.05) is 6.04 Å². The fourth-order valence-electron chi connectivity index (χ4n) is 2.93. The van der Waals surface area contributed by atoms with Crippen LogP contribution in [-0.2, 0) is 16.4 Å². The van der Waals surface area contributed by atoms with Gasteiger partial charge in [0.15, 0.2) is 0 Å². The summed E-state index contributed by atoms with van der Waals surface area (Å²) < 4.78 is 28.5. The van der Waals surface area contributed by atoms with E-state index in [9.17, 15) is 13.5 Å². The van der Waals surface area contributed by atoms with Crippen molar-refractivity contribution in [2.75, 3.05) is 0 Å². The van der Waals surface area contributed by atoms with Gasteiger partial charge < -0.3 is 5.11 Å². The Balaban J connectivity index is 1.84. The second-order valence-corrected chi connectivity index (χ2v) is 8.32. The topological polar surface area (TPSA) is 66.4 Å². The molecule has 2 N–H and O–H groups in total. The highest BCUT2D eigenvalue weighted by atomic mass is 32.2. The Labute approximate surface area is 160 Å². The molecule has 0 saturated heterocycles. The molecular formula is C22H23NO3S. The maximum Gasteiger partial charge on any atom is 0.241 e. The van der Waals surface area contributed by atoms with Gasteiger partial charge in [0.05, 0.1) is 4.90 Å². The van der Waals surface area contributed by atoms with Crippen LogP contribution in [0.5, 0.6) is 5.75 Å². The number of hydrogen-bond donors (Lipinski definition) is 2. The number of phenolic OH excluding ortho intramolecular Hbond substituents is 1. The molecule has 0 saturated carbocycles. The largest absolute Gasteiger partial charge is 0.508 e. The first kappa shape index (κ1) is 19.1. The predicted octanol–water partition coefficient (Wildman–Crippen LogP) is 4.35. The van der Waals surface area contributed by atoms with Crippen LogP contribution in [0.15, 0.2) is 83.8 Å². The molecule has 0 bridgehead atoms. The highest BCUT2D eigenvalue weighted by molar-refractivity contribution is 7.89. The Morgan fingerprint density at radius 1 is 0.889 bits per heavy atom. The van der Waals surface area contributed by atoms with Crippen LogP contribution in [0.1, 0.15) is 29.2 Å². The minimum absolute atomic E-state index is 0.155. The van der Waals surface area contributed by atoms with E-state index in [4.69, 9.17) is 0 Å². The first-order valence-electron chi connectivity index (χ1n) is 8.86. The van der Waals surface area contributed by atoms with Gasteiger partial charge in [0.2, 0.25) is 10.0 Å². The van der Waals surface area contributed by atoms with Crippen molar-refractivity contribution in [1.29, 1.82) is 0 Å². The van der Waals surface area contributed by atoms with Gasteiger partial charge >= 0.3 is 0 Å². The van der Waals surface area contributed by atoms with Crippen molar-refractivity contribution < 1.29 is 13.5 Å². The smallest absolute Gasteiger partial charge is 0.241 e. The summed E-state index contributed by atoms with van der Waals surface area (Å²) in [6.45, 7) is 1.92. The third kappa shape index (κ3) is 5.18. The average Bonchev–Trinajstić information content (AvgIpc) is 2.67.